The molecule has 0 bridgehead atoms. The molecule has 2 N–H and O–H groups in total. The summed E-state index contributed by atoms with van der Waals surface area (Å²) in [7, 11) is 3.88. The molecule has 4 nitrogen and oxygen atoms in total. The maximum Gasteiger partial charge on any atom is 0.125 e. The first kappa shape index (κ1) is 14.2. The first-order valence-corrected chi connectivity index (χ1v) is 6.92. The zero-order valence-corrected chi connectivity index (χ0v) is 12.4. The average molecular weight is 263 g/mol. The Morgan fingerprint density at radius 3 is 2.68 bits per heavy atom. The monoisotopic (exact) mass is 263 g/mol. The highest BCUT2D eigenvalue weighted by molar-refractivity contribution is 5.61. The molecule has 19 heavy (non-hydrogen) atoms. The zero-order valence-electron chi connectivity index (χ0n) is 12.4. The van der Waals surface area contributed by atoms with E-state index in [-0.39, 0.29) is 6.04 Å². The largest absolute Gasteiger partial charge is 0.496 e. The molecule has 0 spiro atoms. The Balaban J connectivity index is 2.38. The van der Waals surface area contributed by atoms with Gasteiger partial charge in [-0.25, -0.2) is 0 Å². The third-order valence-electron chi connectivity index (χ3n) is 3.86. The second-order valence-corrected chi connectivity index (χ2v) is 5.49. The minimum atomic E-state index is -0.0296. The molecule has 1 fully saturated rings. The van der Waals surface area contributed by atoms with Gasteiger partial charge in [0.05, 0.1) is 7.11 Å². The summed E-state index contributed by atoms with van der Waals surface area (Å²) in [5.41, 5.74) is 8.48. The number of nitrogens with zero attached hydrogens (tertiary/aromatic N) is 2. The van der Waals surface area contributed by atoms with Gasteiger partial charge in [0.1, 0.15) is 5.75 Å². The molecule has 1 unspecified atom stereocenters. The van der Waals surface area contributed by atoms with Gasteiger partial charge in [-0.15, -0.1) is 0 Å². The smallest absolute Gasteiger partial charge is 0.125 e. The fourth-order valence-corrected chi connectivity index (χ4v) is 2.92. The van der Waals surface area contributed by atoms with Crippen molar-refractivity contribution in [2.45, 2.75) is 25.9 Å². The summed E-state index contributed by atoms with van der Waals surface area (Å²) in [6.07, 6.45) is 0. The van der Waals surface area contributed by atoms with E-state index < -0.39 is 0 Å². The number of likely N-dealkylation sites (N-methyl/N-ethyl adjacent to an activating group) is 1. The number of benzene rings is 1. The highest BCUT2D eigenvalue weighted by atomic mass is 16.5. The topological polar surface area (TPSA) is 41.7 Å². The number of ether oxygens (including phenoxy) is 1. The molecule has 1 aromatic carbocycles. The lowest BCUT2D eigenvalue weighted by molar-refractivity contribution is 0.275. The van der Waals surface area contributed by atoms with Crippen LogP contribution in [0.25, 0.3) is 0 Å². The van der Waals surface area contributed by atoms with Crippen molar-refractivity contribution in [3.8, 4) is 5.75 Å². The van der Waals surface area contributed by atoms with E-state index in [1.165, 1.54) is 5.69 Å². The first-order valence-electron chi connectivity index (χ1n) is 6.92. The molecule has 2 rings (SSSR count). The molecule has 1 saturated heterocycles. The molecule has 4 heteroatoms. The van der Waals surface area contributed by atoms with Gasteiger partial charge in [-0.05, 0) is 33.0 Å². The summed E-state index contributed by atoms with van der Waals surface area (Å²) in [6.45, 7) is 7.47. The summed E-state index contributed by atoms with van der Waals surface area (Å²) < 4.78 is 5.48. The Morgan fingerprint density at radius 2 is 2.11 bits per heavy atom. The summed E-state index contributed by atoms with van der Waals surface area (Å²) in [5, 5.41) is 0. The maximum atomic E-state index is 6.15. The summed E-state index contributed by atoms with van der Waals surface area (Å²) in [6, 6.07) is 6.65. The van der Waals surface area contributed by atoms with E-state index in [4.69, 9.17) is 10.5 Å². The van der Waals surface area contributed by atoms with Gasteiger partial charge in [0.2, 0.25) is 0 Å². The third-order valence-corrected chi connectivity index (χ3v) is 3.86. The predicted octanol–water partition coefficient (Wildman–Crippen LogP) is 1.86. The van der Waals surface area contributed by atoms with Crippen LogP contribution in [0, 0.1) is 0 Å². The van der Waals surface area contributed by atoms with Crippen LogP contribution >= 0.6 is 0 Å². The van der Waals surface area contributed by atoms with E-state index in [1.54, 1.807) is 7.11 Å². The van der Waals surface area contributed by atoms with E-state index >= 15 is 0 Å². The third kappa shape index (κ3) is 2.85. The second kappa shape index (κ2) is 5.80. The number of hydrogen-bond acceptors (Lipinski definition) is 4. The molecule has 0 aliphatic carbocycles. The molecule has 0 saturated carbocycles. The van der Waals surface area contributed by atoms with Crippen molar-refractivity contribution in [2.24, 2.45) is 5.73 Å². The summed E-state index contributed by atoms with van der Waals surface area (Å²) >= 11 is 0. The van der Waals surface area contributed by atoms with Crippen molar-refractivity contribution >= 4 is 5.69 Å². The molecule has 0 radical (unpaired) electrons. The van der Waals surface area contributed by atoms with Crippen molar-refractivity contribution in [3.05, 3.63) is 23.8 Å². The van der Waals surface area contributed by atoms with Crippen LogP contribution < -0.4 is 15.4 Å². The fourth-order valence-electron chi connectivity index (χ4n) is 2.92. The number of nitrogens with two attached hydrogens (primary N) is 1. The van der Waals surface area contributed by atoms with E-state index in [2.05, 4.69) is 29.8 Å². The van der Waals surface area contributed by atoms with Crippen molar-refractivity contribution in [1.29, 1.82) is 0 Å². The van der Waals surface area contributed by atoms with Crippen LogP contribution in [0.3, 0.4) is 0 Å². The van der Waals surface area contributed by atoms with E-state index in [1.807, 2.05) is 19.1 Å². The van der Waals surface area contributed by atoms with Crippen molar-refractivity contribution in [1.82, 2.24) is 4.90 Å². The SMILES string of the molecule is COc1cccc(N2CCN(C)CC2C)c1[C@@H](C)N. The van der Waals surface area contributed by atoms with Crippen LogP contribution in [0.1, 0.15) is 25.5 Å². The van der Waals surface area contributed by atoms with E-state index in [9.17, 15) is 0 Å². The molecule has 1 heterocycles. The lowest BCUT2D eigenvalue weighted by Crippen LogP contribution is -2.51. The number of anilines is 1. The molecule has 1 aromatic rings. The Labute approximate surface area is 116 Å². The Morgan fingerprint density at radius 1 is 1.37 bits per heavy atom. The highest BCUT2D eigenvalue weighted by Crippen LogP contribution is 2.35. The Hall–Kier alpha value is -1.26. The lowest BCUT2D eigenvalue weighted by Gasteiger charge is -2.41. The van der Waals surface area contributed by atoms with Crippen LogP contribution in [0.4, 0.5) is 5.69 Å². The summed E-state index contributed by atoms with van der Waals surface area (Å²) in [4.78, 5) is 4.81. The van der Waals surface area contributed by atoms with E-state index in [0.29, 0.717) is 6.04 Å². The van der Waals surface area contributed by atoms with Gasteiger partial charge in [-0.1, -0.05) is 6.07 Å². The van der Waals surface area contributed by atoms with Crippen LogP contribution in [0.15, 0.2) is 18.2 Å². The first-order chi connectivity index (χ1) is 9.04. The number of methoxy groups -OCH3 is 1. The van der Waals surface area contributed by atoms with Gasteiger partial charge >= 0.3 is 0 Å². The molecule has 1 aliphatic heterocycles. The predicted molar refractivity (Wildman–Crippen MR) is 79.9 cm³/mol. The molecular weight excluding hydrogens is 238 g/mol. The van der Waals surface area contributed by atoms with Crippen LogP contribution in [-0.4, -0.2) is 44.7 Å². The zero-order chi connectivity index (χ0) is 14.0. The van der Waals surface area contributed by atoms with Gasteiger partial charge in [-0.3, -0.25) is 0 Å². The number of hydrogen-bond donors (Lipinski definition) is 1. The van der Waals surface area contributed by atoms with Crippen LogP contribution in [0.2, 0.25) is 0 Å². The Kier molecular flexibility index (Phi) is 4.32. The lowest BCUT2D eigenvalue weighted by atomic mass is 10.0. The standard InChI is InChI=1S/C15H25N3O/c1-11-10-17(3)8-9-18(11)13-6-5-7-14(19-4)15(13)12(2)16/h5-7,11-12H,8-10,16H2,1-4H3/t11?,12-/m1/s1. The van der Waals surface area contributed by atoms with Gasteiger partial charge in [0.25, 0.3) is 0 Å². The van der Waals surface area contributed by atoms with Crippen molar-refractivity contribution in [2.75, 3.05) is 38.7 Å². The molecule has 106 valence electrons. The molecule has 2 atom stereocenters. The number of piperazine rings is 1. The van der Waals surface area contributed by atoms with Crippen LogP contribution in [0.5, 0.6) is 5.75 Å². The van der Waals surface area contributed by atoms with Gasteiger partial charge < -0.3 is 20.3 Å². The van der Waals surface area contributed by atoms with Gasteiger partial charge in [0, 0.05) is 43.0 Å². The minimum absolute atomic E-state index is 0.0296. The fraction of sp³-hybridized carbons (Fsp3) is 0.600. The van der Waals surface area contributed by atoms with Crippen molar-refractivity contribution in [3.63, 3.8) is 0 Å². The Bertz CT molecular complexity index is 433. The molecule has 0 amide bonds. The average Bonchev–Trinajstić information content (AvgIpc) is 2.37. The quantitative estimate of drug-likeness (QED) is 0.904. The summed E-state index contributed by atoms with van der Waals surface area (Å²) in [5.74, 6) is 0.888. The van der Waals surface area contributed by atoms with Crippen LogP contribution in [-0.2, 0) is 0 Å². The maximum absolute atomic E-state index is 6.15. The second-order valence-electron chi connectivity index (χ2n) is 5.49. The van der Waals surface area contributed by atoms with Gasteiger partial charge in [-0.2, -0.15) is 0 Å². The van der Waals surface area contributed by atoms with E-state index in [0.717, 1.165) is 30.9 Å². The van der Waals surface area contributed by atoms with Gasteiger partial charge in [0.15, 0.2) is 0 Å². The normalized spacial score (nSPS) is 22.4. The number of rotatable bonds is 3. The molecular formula is C15H25N3O. The molecule has 0 aromatic heterocycles. The minimum Gasteiger partial charge on any atom is -0.496 e. The van der Waals surface area contributed by atoms with Crippen molar-refractivity contribution < 1.29 is 4.74 Å². The highest BCUT2D eigenvalue weighted by Gasteiger charge is 2.25. The molecule has 1 aliphatic rings.